The Bertz CT molecular complexity index is 907. The fraction of sp³-hybridized carbons (Fsp3) is 0.273. The lowest BCUT2D eigenvalue weighted by Gasteiger charge is -2.12. The maximum atomic E-state index is 12.1. The second kappa shape index (κ2) is 11.3. The van der Waals surface area contributed by atoms with Crippen molar-refractivity contribution in [2.24, 2.45) is 0 Å². The zero-order valence-electron chi connectivity index (χ0n) is 18.0. The van der Waals surface area contributed by atoms with Crippen LogP contribution in [-0.2, 0) is 14.3 Å². The lowest BCUT2D eigenvalue weighted by Crippen LogP contribution is -2.20. The van der Waals surface area contributed by atoms with Crippen molar-refractivity contribution in [2.75, 3.05) is 47.5 Å². The topological polar surface area (TPSA) is 102 Å². The second-order valence-corrected chi connectivity index (χ2v) is 6.05. The van der Waals surface area contributed by atoms with Crippen LogP contribution < -0.4 is 29.0 Å². The molecule has 31 heavy (non-hydrogen) atoms. The number of carbonyl (C=O) groups is 2. The van der Waals surface area contributed by atoms with Gasteiger partial charge in [0.15, 0.2) is 18.1 Å². The summed E-state index contributed by atoms with van der Waals surface area (Å²) >= 11 is 0. The molecule has 0 heterocycles. The Morgan fingerprint density at radius 2 is 1.39 bits per heavy atom. The van der Waals surface area contributed by atoms with Crippen molar-refractivity contribution in [1.29, 1.82) is 0 Å². The summed E-state index contributed by atoms with van der Waals surface area (Å²) in [7, 11) is 7.50. The molecule has 0 saturated heterocycles. The summed E-state index contributed by atoms with van der Waals surface area (Å²) in [6.45, 7) is -0.460. The van der Waals surface area contributed by atoms with Crippen LogP contribution in [0.25, 0.3) is 6.08 Å². The van der Waals surface area contributed by atoms with Gasteiger partial charge >= 0.3 is 5.97 Å². The lowest BCUT2D eigenvalue weighted by molar-refractivity contribution is -0.142. The van der Waals surface area contributed by atoms with E-state index in [9.17, 15) is 9.59 Å². The highest BCUT2D eigenvalue weighted by atomic mass is 16.5. The Hall–Kier alpha value is -3.88. The van der Waals surface area contributed by atoms with E-state index in [1.54, 1.807) is 30.3 Å². The van der Waals surface area contributed by atoms with Crippen LogP contribution in [-0.4, -0.2) is 54.0 Å². The Kier molecular flexibility index (Phi) is 8.56. The lowest BCUT2D eigenvalue weighted by atomic mass is 10.1. The number of anilines is 1. The van der Waals surface area contributed by atoms with Gasteiger partial charge in [-0.25, -0.2) is 4.79 Å². The van der Waals surface area contributed by atoms with E-state index in [2.05, 4.69) is 5.32 Å². The van der Waals surface area contributed by atoms with E-state index >= 15 is 0 Å². The molecule has 0 unspecified atom stereocenters. The van der Waals surface area contributed by atoms with E-state index in [1.165, 1.54) is 47.7 Å². The minimum Gasteiger partial charge on any atom is -0.497 e. The third-order valence-electron chi connectivity index (χ3n) is 4.08. The monoisotopic (exact) mass is 431 g/mol. The first-order chi connectivity index (χ1) is 14.9. The Morgan fingerprint density at radius 3 is 1.87 bits per heavy atom. The molecule has 0 radical (unpaired) electrons. The minimum atomic E-state index is -0.688. The van der Waals surface area contributed by atoms with Crippen molar-refractivity contribution in [1.82, 2.24) is 0 Å². The molecule has 0 aliphatic carbocycles. The van der Waals surface area contributed by atoms with Gasteiger partial charge in [-0.2, -0.15) is 0 Å². The van der Waals surface area contributed by atoms with Crippen LogP contribution in [0.4, 0.5) is 5.69 Å². The van der Waals surface area contributed by atoms with Gasteiger partial charge in [0.05, 0.1) is 35.5 Å². The molecule has 2 aromatic rings. The molecule has 0 atom stereocenters. The highest BCUT2D eigenvalue weighted by Gasteiger charge is 2.13. The maximum Gasteiger partial charge on any atom is 0.331 e. The standard InChI is InChI=1S/C22H25NO8/c1-26-16-10-15(11-17(12-16)27-2)23-20(24)13-31-21(25)7-6-14-8-18(28-3)22(30-5)19(9-14)29-4/h6-12H,13H2,1-5H3,(H,23,24)/b7-6+. The van der Waals surface area contributed by atoms with Gasteiger partial charge in [-0.1, -0.05) is 0 Å². The predicted molar refractivity (Wildman–Crippen MR) is 114 cm³/mol. The van der Waals surface area contributed by atoms with E-state index in [-0.39, 0.29) is 0 Å². The molecule has 0 bridgehead atoms. The zero-order chi connectivity index (χ0) is 22.8. The minimum absolute atomic E-state index is 0.440. The van der Waals surface area contributed by atoms with Crippen LogP contribution in [0.3, 0.4) is 0 Å². The number of benzene rings is 2. The van der Waals surface area contributed by atoms with Crippen molar-refractivity contribution in [3.63, 3.8) is 0 Å². The molecule has 0 aliphatic rings. The third kappa shape index (κ3) is 6.56. The smallest absolute Gasteiger partial charge is 0.331 e. The molecule has 9 nitrogen and oxygen atoms in total. The zero-order valence-corrected chi connectivity index (χ0v) is 18.0. The summed E-state index contributed by atoms with van der Waals surface area (Å²) in [5.74, 6) is 1.17. The first kappa shape index (κ1) is 23.4. The number of methoxy groups -OCH3 is 5. The summed E-state index contributed by atoms with van der Waals surface area (Å²) in [6.07, 6.45) is 2.71. The highest BCUT2D eigenvalue weighted by molar-refractivity contribution is 5.95. The number of esters is 1. The van der Waals surface area contributed by atoms with Gasteiger partial charge in [0.1, 0.15) is 11.5 Å². The van der Waals surface area contributed by atoms with E-state index in [1.807, 2.05) is 0 Å². The number of amides is 1. The van der Waals surface area contributed by atoms with Crippen molar-refractivity contribution in [3.05, 3.63) is 42.0 Å². The van der Waals surface area contributed by atoms with Gasteiger partial charge in [0, 0.05) is 30.0 Å². The van der Waals surface area contributed by atoms with E-state index in [0.29, 0.717) is 40.0 Å². The van der Waals surface area contributed by atoms with E-state index < -0.39 is 18.5 Å². The molecule has 1 amide bonds. The number of ether oxygens (including phenoxy) is 6. The molecule has 0 aliphatic heterocycles. The van der Waals surface area contributed by atoms with Crippen molar-refractivity contribution in [3.8, 4) is 28.7 Å². The van der Waals surface area contributed by atoms with E-state index in [0.717, 1.165) is 0 Å². The Labute approximate surface area is 180 Å². The van der Waals surface area contributed by atoms with Gasteiger partial charge in [-0.3, -0.25) is 4.79 Å². The van der Waals surface area contributed by atoms with Crippen LogP contribution in [0.1, 0.15) is 5.56 Å². The summed E-state index contributed by atoms with van der Waals surface area (Å²) in [5, 5.41) is 2.62. The molecule has 0 fully saturated rings. The summed E-state index contributed by atoms with van der Waals surface area (Å²) in [6, 6.07) is 8.25. The van der Waals surface area contributed by atoms with Crippen molar-refractivity contribution < 1.29 is 38.0 Å². The van der Waals surface area contributed by atoms with Crippen molar-refractivity contribution in [2.45, 2.75) is 0 Å². The molecule has 0 aromatic heterocycles. The fourth-order valence-corrected chi connectivity index (χ4v) is 2.62. The maximum absolute atomic E-state index is 12.1. The van der Waals surface area contributed by atoms with Gasteiger partial charge in [0.25, 0.3) is 5.91 Å². The average Bonchev–Trinajstić information content (AvgIpc) is 2.80. The number of nitrogens with one attached hydrogen (secondary N) is 1. The number of hydrogen-bond acceptors (Lipinski definition) is 8. The second-order valence-electron chi connectivity index (χ2n) is 6.05. The summed E-state index contributed by atoms with van der Waals surface area (Å²) in [4.78, 5) is 24.1. The molecule has 9 heteroatoms. The molecule has 0 saturated carbocycles. The van der Waals surface area contributed by atoms with Crippen LogP contribution >= 0.6 is 0 Å². The number of rotatable bonds is 10. The molecular formula is C22H25NO8. The largest absolute Gasteiger partial charge is 0.497 e. The molecular weight excluding hydrogens is 406 g/mol. The Balaban J connectivity index is 1.97. The average molecular weight is 431 g/mol. The SMILES string of the molecule is COc1cc(NC(=O)COC(=O)/C=C/c2cc(OC)c(OC)c(OC)c2)cc(OC)c1. The number of hydrogen-bond donors (Lipinski definition) is 1. The fourth-order valence-electron chi connectivity index (χ4n) is 2.62. The summed E-state index contributed by atoms with van der Waals surface area (Å²) < 4.78 is 31.1. The first-order valence-electron chi connectivity index (χ1n) is 9.11. The van der Waals surface area contributed by atoms with Crippen LogP contribution in [0.5, 0.6) is 28.7 Å². The molecule has 2 rings (SSSR count). The number of carbonyl (C=O) groups excluding carboxylic acids is 2. The summed E-state index contributed by atoms with van der Waals surface area (Å²) in [5.41, 5.74) is 1.07. The molecule has 1 N–H and O–H groups in total. The van der Waals surface area contributed by atoms with Crippen molar-refractivity contribution >= 4 is 23.6 Å². The van der Waals surface area contributed by atoms with Gasteiger partial charge in [-0.05, 0) is 23.8 Å². The van der Waals surface area contributed by atoms with Crippen LogP contribution in [0.15, 0.2) is 36.4 Å². The Morgan fingerprint density at radius 1 is 0.806 bits per heavy atom. The third-order valence-corrected chi connectivity index (χ3v) is 4.08. The molecule has 0 spiro atoms. The highest BCUT2D eigenvalue weighted by Crippen LogP contribution is 2.38. The van der Waals surface area contributed by atoms with Gasteiger partial charge < -0.3 is 33.7 Å². The normalized spacial score (nSPS) is 10.4. The molecule has 166 valence electrons. The molecule has 2 aromatic carbocycles. The van der Waals surface area contributed by atoms with E-state index in [4.69, 9.17) is 28.4 Å². The van der Waals surface area contributed by atoms with Gasteiger partial charge in [0.2, 0.25) is 5.75 Å². The first-order valence-corrected chi connectivity index (χ1v) is 9.11. The van der Waals surface area contributed by atoms with Crippen LogP contribution in [0, 0.1) is 0 Å². The predicted octanol–water partition coefficient (Wildman–Crippen LogP) is 2.92. The van der Waals surface area contributed by atoms with Gasteiger partial charge in [-0.15, -0.1) is 0 Å². The van der Waals surface area contributed by atoms with Crippen LogP contribution in [0.2, 0.25) is 0 Å². The quantitative estimate of drug-likeness (QED) is 0.453.